The van der Waals surface area contributed by atoms with Gasteiger partial charge in [-0.3, -0.25) is 9.48 Å². The summed E-state index contributed by atoms with van der Waals surface area (Å²) in [7, 11) is 1.78. The smallest absolute Gasteiger partial charge is 0.256 e. The maximum absolute atomic E-state index is 13.3. The van der Waals surface area contributed by atoms with Crippen molar-refractivity contribution in [3.05, 3.63) is 65.3 Å². The minimum atomic E-state index is -0.347. The molecule has 0 aliphatic rings. The second kappa shape index (κ2) is 6.35. The van der Waals surface area contributed by atoms with Crippen LogP contribution < -0.4 is 5.32 Å². The van der Waals surface area contributed by atoms with E-state index < -0.39 is 0 Å². The normalized spacial score (nSPS) is 11.1. The van der Waals surface area contributed by atoms with Crippen LogP contribution in [0.4, 0.5) is 10.1 Å². The third kappa shape index (κ3) is 2.97. The second-order valence-electron chi connectivity index (χ2n) is 6.35. The number of anilines is 1. The number of halogens is 1. The molecular weight excluding hydrogens is 347 g/mol. The zero-order chi connectivity index (χ0) is 19.1. The van der Waals surface area contributed by atoms with Crippen molar-refractivity contribution in [3.8, 4) is 11.5 Å². The third-order valence-corrected chi connectivity index (χ3v) is 4.42. The molecule has 3 aromatic heterocycles. The van der Waals surface area contributed by atoms with Gasteiger partial charge in [-0.15, -0.1) is 0 Å². The maximum Gasteiger partial charge on any atom is 0.256 e. The van der Waals surface area contributed by atoms with Gasteiger partial charge in [0.1, 0.15) is 11.5 Å². The van der Waals surface area contributed by atoms with Gasteiger partial charge in [-0.1, -0.05) is 0 Å². The topological polar surface area (TPSA) is 73.0 Å². The quantitative estimate of drug-likeness (QED) is 0.590. The Morgan fingerprint density at radius 1 is 1.22 bits per heavy atom. The molecule has 1 amide bonds. The van der Waals surface area contributed by atoms with E-state index >= 15 is 0 Å². The molecule has 3 heterocycles. The van der Waals surface area contributed by atoms with Crippen molar-refractivity contribution in [3.63, 3.8) is 0 Å². The molecule has 7 heteroatoms. The summed E-state index contributed by atoms with van der Waals surface area (Å²) in [6.07, 6.45) is 1.55. The summed E-state index contributed by atoms with van der Waals surface area (Å²) in [4.78, 5) is 17.6. The van der Waals surface area contributed by atoms with Gasteiger partial charge < -0.3 is 9.73 Å². The Bertz CT molecular complexity index is 1160. The van der Waals surface area contributed by atoms with Crippen LogP contribution in [0.3, 0.4) is 0 Å². The van der Waals surface area contributed by atoms with Gasteiger partial charge in [0.25, 0.3) is 5.91 Å². The van der Waals surface area contributed by atoms with Gasteiger partial charge in [-0.25, -0.2) is 9.37 Å². The number of carbonyl (C=O) groups is 1. The molecule has 1 N–H and O–H groups in total. The molecule has 0 unspecified atom stereocenters. The van der Waals surface area contributed by atoms with Crippen molar-refractivity contribution >= 4 is 22.6 Å². The fourth-order valence-corrected chi connectivity index (χ4v) is 3.13. The number of hydrogen-bond acceptors (Lipinski definition) is 4. The predicted molar refractivity (Wildman–Crippen MR) is 100 cm³/mol. The number of amides is 1. The first-order valence-electron chi connectivity index (χ1n) is 8.40. The number of pyridine rings is 1. The molecule has 1 aromatic carbocycles. The van der Waals surface area contributed by atoms with Crippen LogP contribution in [0.2, 0.25) is 0 Å². The highest BCUT2D eigenvalue weighted by molar-refractivity contribution is 6.13. The Morgan fingerprint density at radius 2 is 2.04 bits per heavy atom. The first-order chi connectivity index (χ1) is 12.9. The summed E-state index contributed by atoms with van der Waals surface area (Å²) in [5.41, 5.74) is 3.45. The Morgan fingerprint density at radius 3 is 2.74 bits per heavy atom. The standard InChI is InChI=1S/C20H17FN4O2/c1-11-9-13(21)6-7-15(11)23-20(26)14-10-16(17-5-4-8-27-17)22-19-18(14)12(2)24-25(19)3/h4-10H,1-3H3,(H,23,26). The highest BCUT2D eigenvalue weighted by atomic mass is 19.1. The molecule has 4 aromatic rings. The van der Waals surface area contributed by atoms with Crippen molar-refractivity contribution in [2.24, 2.45) is 7.05 Å². The monoisotopic (exact) mass is 364 g/mol. The van der Waals surface area contributed by atoms with Crippen molar-refractivity contribution in [2.45, 2.75) is 13.8 Å². The van der Waals surface area contributed by atoms with Crippen molar-refractivity contribution in [1.29, 1.82) is 0 Å². The number of nitrogens with zero attached hydrogens (tertiary/aromatic N) is 3. The number of aromatic nitrogens is 3. The number of furan rings is 1. The molecule has 0 aliphatic heterocycles. The number of benzene rings is 1. The average Bonchev–Trinajstić information content (AvgIpc) is 3.26. The van der Waals surface area contributed by atoms with Crippen LogP contribution in [-0.2, 0) is 7.05 Å². The molecule has 0 atom stereocenters. The zero-order valence-electron chi connectivity index (χ0n) is 15.1. The molecule has 27 heavy (non-hydrogen) atoms. The largest absolute Gasteiger partial charge is 0.463 e. The first-order valence-corrected chi connectivity index (χ1v) is 8.40. The van der Waals surface area contributed by atoms with Gasteiger partial charge in [0.15, 0.2) is 11.4 Å². The highest BCUT2D eigenvalue weighted by Gasteiger charge is 2.20. The predicted octanol–water partition coefficient (Wildman–Crippen LogP) is 4.24. The van der Waals surface area contributed by atoms with Gasteiger partial charge in [0.05, 0.1) is 22.9 Å². The first kappa shape index (κ1) is 17.0. The molecule has 0 fully saturated rings. The lowest BCUT2D eigenvalue weighted by molar-refractivity contribution is 0.102. The SMILES string of the molecule is Cc1cc(F)ccc1NC(=O)c1cc(-c2ccco2)nc2c1c(C)nn2C. The van der Waals surface area contributed by atoms with Gasteiger partial charge in [-0.2, -0.15) is 5.10 Å². The van der Waals surface area contributed by atoms with Crippen molar-refractivity contribution in [1.82, 2.24) is 14.8 Å². The fourth-order valence-electron chi connectivity index (χ4n) is 3.13. The number of aryl methyl sites for hydroxylation is 3. The Labute approximate surface area is 154 Å². The van der Waals surface area contributed by atoms with Crippen LogP contribution in [0, 0.1) is 19.7 Å². The van der Waals surface area contributed by atoms with Crippen LogP contribution >= 0.6 is 0 Å². The minimum Gasteiger partial charge on any atom is -0.463 e. The number of carbonyl (C=O) groups excluding carboxylic acids is 1. The molecular formula is C20H17FN4O2. The molecule has 6 nitrogen and oxygen atoms in total. The number of nitrogens with one attached hydrogen (secondary N) is 1. The summed E-state index contributed by atoms with van der Waals surface area (Å²) in [5.74, 6) is -0.108. The van der Waals surface area contributed by atoms with Gasteiger partial charge >= 0.3 is 0 Å². The van der Waals surface area contributed by atoms with E-state index in [-0.39, 0.29) is 11.7 Å². The second-order valence-corrected chi connectivity index (χ2v) is 6.35. The number of hydrogen-bond donors (Lipinski definition) is 1. The summed E-state index contributed by atoms with van der Waals surface area (Å²) in [5, 5.41) is 7.91. The summed E-state index contributed by atoms with van der Waals surface area (Å²) < 4.78 is 20.4. The van der Waals surface area contributed by atoms with Crippen LogP contribution in [0.15, 0.2) is 47.1 Å². The molecule has 0 saturated carbocycles. The van der Waals surface area contributed by atoms with E-state index in [0.717, 1.165) is 0 Å². The van der Waals surface area contributed by atoms with E-state index in [9.17, 15) is 9.18 Å². The Hall–Kier alpha value is -3.48. The van der Waals surface area contributed by atoms with Gasteiger partial charge in [0, 0.05) is 12.7 Å². The van der Waals surface area contributed by atoms with Crippen LogP contribution in [-0.4, -0.2) is 20.7 Å². The molecule has 0 radical (unpaired) electrons. The lowest BCUT2D eigenvalue weighted by Gasteiger charge is -2.10. The third-order valence-electron chi connectivity index (χ3n) is 4.42. The molecule has 4 rings (SSSR count). The van der Waals surface area contributed by atoms with E-state index in [1.807, 2.05) is 6.92 Å². The Balaban J connectivity index is 1.85. The lowest BCUT2D eigenvalue weighted by Crippen LogP contribution is -2.14. The Kier molecular flexibility index (Phi) is 3.99. The molecule has 0 saturated heterocycles. The van der Waals surface area contributed by atoms with E-state index in [4.69, 9.17) is 4.42 Å². The molecule has 0 aliphatic carbocycles. The highest BCUT2D eigenvalue weighted by Crippen LogP contribution is 2.28. The van der Waals surface area contributed by atoms with E-state index in [2.05, 4.69) is 15.4 Å². The van der Waals surface area contributed by atoms with E-state index in [1.54, 1.807) is 49.2 Å². The van der Waals surface area contributed by atoms with E-state index in [1.165, 1.54) is 12.1 Å². The van der Waals surface area contributed by atoms with Gasteiger partial charge in [-0.05, 0) is 55.8 Å². The summed E-state index contributed by atoms with van der Waals surface area (Å²) >= 11 is 0. The minimum absolute atomic E-state index is 0.319. The zero-order valence-corrected chi connectivity index (χ0v) is 15.1. The van der Waals surface area contributed by atoms with Crippen LogP contribution in [0.5, 0.6) is 0 Å². The average molecular weight is 364 g/mol. The fraction of sp³-hybridized carbons (Fsp3) is 0.150. The number of rotatable bonds is 3. The molecule has 0 bridgehead atoms. The van der Waals surface area contributed by atoms with E-state index in [0.29, 0.717) is 45.0 Å². The lowest BCUT2D eigenvalue weighted by atomic mass is 10.1. The van der Waals surface area contributed by atoms with Crippen LogP contribution in [0.1, 0.15) is 21.6 Å². The number of fused-ring (bicyclic) bond motifs is 1. The maximum atomic E-state index is 13.3. The van der Waals surface area contributed by atoms with Gasteiger partial charge in [0.2, 0.25) is 0 Å². The van der Waals surface area contributed by atoms with Crippen molar-refractivity contribution < 1.29 is 13.6 Å². The molecule has 136 valence electrons. The molecule has 0 spiro atoms. The van der Waals surface area contributed by atoms with Crippen LogP contribution in [0.25, 0.3) is 22.5 Å². The summed E-state index contributed by atoms with van der Waals surface area (Å²) in [6, 6.07) is 9.46. The summed E-state index contributed by atoms with van der Waals surface area (Å²) in [6.45, 7) is 3.57. The van der Waals surface area contributed by atoms with Crippen molar-refractivity contribution in [2.75, 3.05) is 5.32 Å².